The van der Waals surface area contributed by atoms with Gasteiger partial charge in [-0.1, -0.05) is 19.1 Å². The van der Waals surface area contributed by atoms with Gasteiger partial charge < -0.3 is 19.8 Å². The molecule has 2 N–H and O–H groups in total. The van der Waals surface area contributed by atoms with Gasteiger partial charge >= 0.3 is 0 Å². The average molecular weight is 410 g/mol. The van der Waals surface area contributed by atoms with E-state index in [4.69, 9.17) is 9.15 Å². The van der Waals surface area contributed by atoms with Crippen LogP contribution in [0.2, 0.25) is 0 Å². The van der Waals surface area contributed by atoms with E-state index in [9.17, 15) is 10.1 Å². The number of hydrogen-bond acceptors (Lipinski definition) is 6. The Labute approximate surface area is 174 Å². The van der Waals surface area contributed by atoms with Crippen molar-refractivity contribution in [2.45, 2.75) is 26.7 Å². The summed E-state index contributed by atoms with van der Waals surface area (Å²) in [6, 6.07) is 13.1. The minimum absolute atomic E-state index is 0.313. The second-order valence-corrected chi connectivity index (χ2v) is 7.76. The molecule has 1 aromatic carbocycles. The Balaban J connectivity index is 2.06. The van der Waals surface area contributed by atoms with Crippen molar-refractivity contribution >= 4 is 23.4 Å². The number of ether oxygens (including phenoxy) is 1. The molecule has 1 amide bonds. The predicted molar refractivity (Wildman–Crippen MR) is 114 cm³/mol. The van der Waals surface area contributed by atoms with Crippen molar-refractivity contribution in [2.24, 2.45) is 0 Å². The lowest BCUT2D eigenvalue weighted by Crippen LogP contribution is -2.30. The van der Waals surface area contributed by atoms with Crippen LogP contribution in [-0.2, 0) is 4.79 Å². The molecule has 3 rings (SSSR count). The number of allylic oxidation sites excluding steroid dienone is 2. The fourth-order valence-electron chi connectivity index (χ4n) is 3.30. The minimum Gasteiger partial charge on any atom is -0.495 e. The maximum absolute atomic E-state index is 13.3. The van der Waals surface area contributed by atoms with E-state index in [1.54, 1.807) is 19.2 Å². The highest BCUT2D eigenvalue weighted by molar-refractivity contribution is 8.03. The fourth-order valence-corrected chi connectivity index (χ4v) is 4.14. The molecule has 1 aliphatic heterocycles. The van der Waals surface area contributed by atoms with E-state index in [-0.39, 0.29) is 5.91 Å². The number of nitrogens with zero attached hydrogens (tertiary/aromatic N) is 1. The van der Waals surface area contributed by atoms with Gasteiger partial charge in [0.05, 0.1) is 41.0 Å². The molecule has 1 atom stereocenters. The van der Waals surface area contributed by atoms with Crippen molar-refractivity contribution < 1.29 is 13.9 Å². The highest BCUT2D eigenvalue weighted by Crippen LogP contribution is 2.41. The molecule has 0 saturated carbocycles. The highest BCUT2D eigenvalue weighted by Gasteiger charge is 2.36. The average Bonchev–Trinajstić information content (AvgIpc) is 3.14. The molecule has 0 fully saturated rings. The number of rotatable bonds is 6. The number of dihydropyridines is 1. The van der Waals surface area contributed by atoms with Crippen molar-refractivity contribution in [3.05, 3.63) is 69.8 Å². The zero-order chi connectivity index (χ0) is 21.0. The van der Waals surface area contributed by atoms with E-state index in [2.05, 4.69) is 16.7 Å². The smallest absolute Gasteiger partial charge is 0.254 e. The van der Waals surface area contributed by atoms with Crippen LogP contribution in [0.4, 0.5) is 5.69 Å². The van der Waals surface area contributed by atoms with E-state index in [1.165, 1.54) is 11.8 Å². The number of aryl methyl sites for hydroxylation is 1. The van der Waals surface area contributed by atoms with E-state index < -0.39 is 5.92 Å². The van der Waals surface area contributed by atoms with Crippen LogP contribution in [0.3, 0.4) is 0 Å². The quantitative estimate of drug-likeness (QED) is 0.720. The molecule has 0 saturated heterocycles. The number of thioether (sulfide) groups is 1. The van der Waals surface area contributed by atoms with Gasteiger partial charge in [-0.3, -0.25) is 4.79 Å². The summed E-state index contributed by atoms with van der Waals surface area (Å²) in [7, 11) is 1.55. The molecule has 0 unspecified atom stereocenters. The van der Waals surface area contributed by atoms with E-state index in [1.807, 2.05) is 45.0 Å². The summed E-state index contributed by atoms with van der Waals surface area (Å²) in [4.78, 5) is 13.3. The first-order valence-corrected chi connectivity index (χ1v) is 10.2. The van der Waals surface area contributed by atoms with Gasteiger partial charge in [0.2, 0.25) is 0 Å². The first kappa shape index (κ1) is 20.6. The Hall–Kier alpha value is -3.11. The molecule has 2 aromatic rings. The third-order valence-corrected chi connectivity index (χ3v) is 5.48. The molecule has 7 heteroatoms. The number of nitrogens with one attached hydrogen (secondary N) is 2. The zero-order valence-electron chi connectivity index (χ0n) is 16.8. The van der Waals surface area contributed by atoms with Crippen LogP contribution in [0.1, 0.15) is 31.3 Å². The van der Waals surface area contributed by atoms with Crippen molar-refractivity contribution in [1.29, 1.82) is 5.26 Å². The summed E-state index contributed by atoms with van der Waals surface area (Å²) in [5, 5.41) is 16.8. The van der Waals surface area contributed by atoms with Crippen LogP contribution >= 0.6 is 11.8 Å². The molecule has 6 nitrogen and oxygen atoms in total. The molecule has 29 heavy (non-hydrogen) atoms. The molecule has 0 aliphatic carbocycles. The van der Waals surface area contributed by atoms with Crippen molar-refractivity contribution in [2.75, 3.05) is 18.2 Å². The Bertz CT molecular complexity index is 1030. The highest BCUT2D eigenvalue weighted by atomic mass is 32.2. The molecule has 0 spiro atoms. The number of carbonyl (C=O) groups is 1. The third-order valence-electron chi connectivity index (χ3n) is 4.58. The fraction of sp³-hybridized carbons (Fsp3) is 0.273. The summed E-state index contributed by atoms with van der Waals surface area (Å²) in [6.45, 7) is 5.70. The van der Waals surface area contributed by atoms with Gasteiger partial charge in [-0.05, 0) is 43.9 Å². The van der Waals surface area contributed by atoms with Gasteiger partial charge in [-0.2, -0.15) is 5.26 Å². The van der Waals surface area contributed by atoms with Gasteiger partial charge in [-0.15, -0.1) is 11.8 Å². The number of furan rings is 1. The van der Waals surface area contributed by atoms with Crippen molar-refractivity contribution in [3.63, 3.8) is 0 Å². The maximum Gasteiger partial charge on any atom is 0.254 e. The number of carbonyl (C=O) groups excluding carboxylic acids is 1. The normalized spacial score (nSPS) is 16.3. The summed E-state index contributed by atoms with van der Waals surface area (Å²) in [5.41, 5.74) is 2.17. The Morgan fingerprint density at radius 1 is 1.31 bits per heavy atom. The summed E-state index contributed by atoms with van der Waals surface area (Å²) >= 11 is 1.54. The monoisotopic (exact) mass is 409 g/mol. The summed E-state index contributed by atoms with van der Waals surface area (Å²) < 4.78 is 11.2. The number of para-hydroxylation sites is 2. The number of amides is 1. The van der Waals surface area contributed by atoms with Crippen LogP contribution in [0, 0.1) is 18.3 Å². The molecular formula is C22H23N3O3S. The van der Waals surface area contributed by atoms with Crippen LogP contribution < -0.4 is 15.4 Å². The van der Waals surface area contributed by atoms with Gasteiger partial charge in [0, 0.05) is 5.70 Å². The Morgan fingerprint density at radius 2 is 2.07 bits per heavy atom. The van der Waals surface area contributed by atoms with Crippen LogP contribution in [0.15, 0.2) is 62.7 Å². The zero-order valence-corrected chi connectivity index (χ0v) is 17.6. The molecule has 0 radical (unpaired) electrons. The number of benzene rings is 1. The standard InChI is InChI=1S/C22H23N3O3S/c1-5-29-22-15(12-23)20(18-11-10-13(2)28-18)19(14(3)24-22)21(26)25-16-8-6-7-9-17(16)27-4/h6-11,20,24H,5H2,1-4H3,(H,25,26)/t20-/m0/s1. The lowest BCUT2D eigenvalue weighted by molar-refractivity contribution is -0.113. The number of nitriles is 1. The SMILES string of the molecule is CCSC1=C(C#N)[C@@H](c2ccc(C)o2)C(C(=O)Nc2ccccc2OC)=C(C)N1. The van der Waals surface area contributed by atoms with Gasteiger partial charge in [0.1, 0.15) is 17.3 Å². The maximum atomic E-state index is 13.3. The van der Waals surface area contributed by atoms with Crippen molar-refractivity contribution in [1.82, 2.24) is 5.32 Å². The van der Waals surface area contributed by atoms with Gasteiger partial charge in [-0.25, -0.2) is 0 Å². The first-order valence-electron chi connectivity index (χ1n) is 9.25. The molecule has 2 heterocycles. The van der Waals surface area contributed by atoms with Crippen LogP contribution in [0.5, 0.6) is 5.75 Å². The van der Waals surface area contributed by atoms with Gasteiger partial charge in [0.15, 0.2) is 0 Å². The lowest BCUT2D eigenvalue weighted by Gasteiger charge is -2.28. The number of hydrogen-bond donors (Lipinski definition) is 2. The predicted octanol–water partition coefficient (Wildman–Crippen LogP) is 4.68. The van der Waals surface area contributed by atoms with E-state index in [0.717, 1.165) is 16.5 Å². The summed E-state index contributed by atoms with van der Waals surface area (Å²) in [6.07, 6.45) is 0. The number of anilines is 1. The molecule has 1 aromatic heterocycles. The second-order valence-electron chi connectivity index (χ2n) is 6.49. The number of methoxy groups -OCH3 is 1. The summed E-state index contributed by atoms with van der Waals surface area (Å²) in [5.74, 6) is 1.76. The Kier molecular flexibility index (Phi) is 6.35. The Morgan fingerprint density at radius 3 is 2.69 bits per heavy atom. The first-order chi connectivity index (χ1) is 14.0. The molecule has 0 bridgehead atoms. The minimum atomic E-state index is -0.585. The molecular weight excluding hydrogens is 386 g/mol. The second kappa shape index (κ2) is 8.93. The lowest BCUT2D eigenvalue weighted by atomic mass is 9.85. The largest absolute Gasteiger partial charge is 0.495 e. The topological polar surface area (TPSA) is 87.3 Å². The molecule has 150 valence electrons. The van der Waals surface area contributed by atoms with Crippen molar-refractivity contribution in [3.8, 4) is 11.8 Å². The van der Waals surface area contributed by atoms with E-state index in [0.29, 0.717) is 34.0 Å². The van der Waals surface area contributed by atoms with Gasteiger partial charge in [0.25, 0.3) is 5.91 Å². The molecule has 1 aliphatic rings. The van der Waals surface area contributed by atoms with E-state index >= 15 is 0 Å². The third kappa shape index (κ3) is 4.17. The van der Waals surface area contributed by atoms with Crippen LogP contribution in [-0.4, -0.2) is 18.8 Å². The van der Waals surface area contributed by atoms with Crippen LogP contribution in [0.25, 0.3) is 0 Å².